The number of hydrogen-bond donors (Lipinski definition) is 2. The summed E-state index contributed by atoms with van der Waals surface area (Å²) in [5.41, 5.74) is -0.611. The van der Waals surface area contributed by atoms with E-state index < -0.39 is 5.41 Å². The molecule has 0 radical (unpaired) electrons. The highest BCUT2D eigenvalue weighted by Gasteiger charge is 2.26. The molecule has 0 unspecified atom stereocenters. The lowest BCUT2D eigenvalue weighted by atomic mass is 9.92. The van der Waals surface area contributed by atoms with Crippen LogP contribution in [0.1, 0.15) is 13.8 Å². The third-order valence-electron chi connectivity index (χ3n) is 2.84. The lowest BCUT2D eigenvalue weighted by Crippen LogP contribution is -2.39. The van der Waals surface area contributed by atoms with Crippen molar-refractivity contribution in [2.45, 2.75) is 13.8 Å². The third-order valence-corrected chi connectivity index (χ3v) is 3.00. The first kappa shape index (κ1) is 15.2. The Morgan fingerprint density at radius 1 is 1.38 bits per heavy atom. The Balaban J connectivity index is 2.16. The highest BCUT2D eigenvalue weighted by molar-refractivity contribution is 6.28. The predicted molar refractivity (Wildman–Crippen MR) is 78.3 cm³/mol. The molecule has 0 aromatic carbocycles. The van der Waals surface area contributed by atoms with Gasteiger partial charge < -0.3 is 10.6 Å². The molecule has 0 atom stereocenters. The number of halogens is 1. The summed E-state index contributed by atoms with van der Waals surface area (Å²) in [6.45, 7) is 3.98. The van der Waals surface area contributed by atoms with Gasteiger partial charge in [-0.15, -0.1) is 0 Å². The molecule has 8 nitrogen and oxygen atoms in total. The molecule has 2 N–H and O–H groups in total. The molecule has 2 rings (SSSR count). The summed E-state index contributed by atoms with van der Waals surface area (Å²) in [4.78, 5) is 23.9. The molecule has 112 valence electrons. The van der Waals surface area contributed by atoms with Crippen LogP contribution in [0.2, 0.25) is 5.28 Å². The standard InChI is InChI=1S/C12H16ClN7O/c1-12(2,8(21)14-3)7-15-10-17-9(13)18-11(19-10)20-6-4-5-16-20/h4-6H,7H2,1-3H3,(H,14,21)(H,15,17,18,19). The first-order chi connectivity index (χ1) is 9.92. The molecule has 21 heavy (non-hydrogen) atoms. The minimum Gasteiger partial charge on any atom is -0.359 e. The predicted octanol–water partition coefficient (Wildman–Crippen LogP) is 0.895. The van der Waals surface area contributed by atoms with Crippen LogP contribution >= 0.6 is 11.6 Å². The summed E-state index contributed by atoms with van der Waals surface area (Å²) in [6, 6.07) is 1.75. The number of anilines is 1. The monoisotopic (exact) mass is 309 g/mol. The van der Waals surface area contributed by atoms with Crippen molar-refractivity contribution >= 4 is 23.5 Å². The van der Waals surface area contributed by atoms with Crippen LogP contribution in [0.5, 0.6) is 0 Å². The zero-order valence-electron chi connectivity index (χ0n) is 12.0. The fraction of sp³-hybridized carbons (Fsp3) is 0.417. The Kier molecular flexibility index (Phi) is 4.37. The molecule has 0 saturated heterocycles. The van der Waals surface area contributed by atoms with Crippen LogP contribution in [0.4, 0.5) is 5.95 Å². The second-order valence-electron chi connectivity index (χ2n) is 5.00. The van der Waals surface area contributed by atoms with E-state index in [-0.39, 0.29) is 17.1 Å². The van der Waals surface area contributed by atoms with Gasteiger partial charge in [0.25, 0.3) is 5.95 Å². The van der Waals surface area contributed by atoms with Gasteiger partial charge in [-0.1, -0.05) is 0 Å². The fourth-order valence-electron chi connectivity index (χ4n) is 1.63. The fourth-order valence-corrected chi connectivity index (χ4v) is 1.78. The molecule has 0 aliphatic heterocycles. The van der Waals surface area contributed by atoms with Gasteiger partial charge in [0.1, 0.15) is 0 Å². The summed E-state index contributed by atoms with van der Waals surface area (Å²) in [6.07, 6.45) is 3.31. The second-order valence-corrected chi connectivity index (χ2v) is 5.33. The van der Waals surface area contributed by atoms with Crippen LogP contribution in [-0.2, 0) is 4.79 Å². The lowest BCUT2D eigenvalue weighted by Gasteiger charge is -2.22. The van der Waals surface area contributed by atoms with Crippen molar-refractivity contribution in [3.8, 4) is 5.95 Å². The molecule has 2 aromatic rings. The van der Waals surface area contributed by atoms with Gasteiger partial charge >= 0.3 is 0 Å². The number of rotatable bonds is 5. The Morgan fingerprint density at radius 2 is 2.14 bits per heavy atom. The normalized spacial score (nSPS) is 11.2. The van der Waals surface area contributed by atoms with Crippen LogP contribution in [0.3, 0.4) is 0 Å². The minimum absolute atomic E-state index is 0.0516. The number of amides is 1. The number of nitrogens with one attached hydrogen (secondary N) is 2. The largest absolute Gasteiger partial charge is 0.359 e. The second kappa shape index (κ2) is 6.04. The lowest BCUT2D eigenvalue weighted by molar-refractivity contribution is -0.128. The number of nitrogens with zero attached hydrogens (tertiary/aromatic N) is 5. The van der Waals surface area contributed by atoms with Gasteiger partial charge in [0.2, 0.25) is 17.1 Å². The zero-order valence-corrected chi connectivity index (χ0v) is 12.7. The average Bonchev–Trinajstić information content (AvgIpc) is 2.98. The van der Waals surface area contributed by atoms with Gasteiger partial charge in [-0.2, -0.15) is 20.1 Å². The molecule has 0 spiro atoms. The van der Waals surface area contributed by atoms with Crippen molar-refractivity contribution < 1.29 is 4.79 Å². The van der Waals surface area contributed by atoms with E-state index in [1.54, 1.807) is 25.5 Å². The van der Waals surface area contributed by atoms with Crippen molar-refractivity contribution in [1.29, 1.82) is 0 Å². The molecule has 0 aliphatic rings. The molecule has 9 heteroatoms. The maximum Gasteiger partial charge on any atom is 0.256 e. The van der Waals surface area contributed by atoms with Crippen molar-refractivity contribution in [2.75, 3.05) is 18.9 Å². The number of aromatic nitrogens is 5. The maximum atomic E-state index is 11.7. The van der Waals surface area contributed by atoms with Crippen LogP contribution in [0, 0.1) is 5.41 Å². The van der Waals surface area contributed by atoms with E-state index in [0.29, 0.717) is 12.5 Å². The quantitative estimate of drug-likeness (QED) is 0.851. The Morgan fingerprint density at radius 3 is 2.76 bits per heavy atom. The maximum absolute atomic E-state index is 11.7. The van der Waals surface area contributed by atoms with Crippen molar-refractivity contribution in [1.82, 2.24) is 30.0 Å². The number of hydrogen-bond acceptors (Lipinski definition) is 6. The first-order valence-corrected chi connectivity index (χ1v) is 6.68. The van der Waals surface area contributed by atoms with Gasteiger partial charge in [0.15, 0.2) is 0 Å². The Hall–Kier alpha value is -2.22. The highest BCUT2D eigenvalue weighted by atomic mass is 35.5. The van der Waals surface area contributed by atoms with E-state index in [2.05, 4.69) is 30.7 Å². The van der Waals surface area contributed by atoms with E-state index in [9.17, 15) is 4.79 Å². The van der Waals surface area contributed by atoms with Crippen molar-refractivity contribution in [3.63, 3.8) is 0 Å². The number of carbonyl (C=O) groups excluding carboxylic acids is 1. The van der Waals surface area contributed by atoms with Crippen LogP contribution in [0.15, 0.2) is 18.5 Å². The summed E-state index contributed by atoms with van der Waals surface area (Å²) < 4.78 is 1.47. The van der Waals surface area contributed by atoms with E-state index >= 15 is 0 Å². The minimum atomic E-state index is -0.611. The molecule has 0 bridgehead atoms. The van der Waals surface area contributed by atoms with E-state index in [0.717, 1.165) is 0 Å². The summed E-state index contributed by atoms with van der Waals surface area (Å²) in [7, 11) is 1.60. The van der Waals surface area contributed by atoms with Gasteiger partial charge in [-0.3, -0.25) is 4.79 Å². The zero-order chi connectivity index (χ0) is 15.5. The van der Waals surface area contributed by atoms with Crippen LogP contribution < -0.4 is 10.6 Å². The SMILES string of the molecule is CNC(=O)C(C)(C)CNc1nc(Cl)nc(-n2cccn2)n1. The summed E-state index contributed by atoms with van der Waals surface area (Å²) >= 11 is 5.88. The van der Waals surface area contributed by atoms with Gasteiger partial charge in [-0.05, 0) is 31.5 Å². The van der Waals surface area contributed by atoms with Crippen LogP contribution in [0.25, 0.3) is 5.95 Å². The smallest absolute Gasteiger partial charge is 0.256 e. The van der Waals surface area contributed by atoms with Crippen molar-refractivity contribution in [3.05, 3.63) is 23.7 Å². The molecular formula is C12H16ClN7O. The average molecular weight is 310 g/mol. The van der Waals surface area contributed by atoms with E-state index in [1.165, 1.54) is 4.68 Å². The molecule has 2 heterocycles. The molecule has 0 fully saturated rings. The topological polar surface area (TPSA) is 97.6 Å². The van der Waals surface area contributed by atoms with Crippen LogP contribution in [-0.4, -0.2) is 44.2 Å². The number of carbonyl (C=O) groups is 1. The molecule has 1 amide bonds. The van der Waals surface area contributed by atoms with E-state index in [1.807, 2.05) is 13.8 Å². The van der Waals surface area contributed by atoms with Crippen molar-refractivity contribution in [2.24, 2.45) is 5.41 Å². The molecular weight excluding hydrogens is 294 g/mol. The van der Waals surface area contributed by atoms with Gasteiger partial charge in [-0.25, -0.2) is 4.68 Å². The summed E-state index contributed by atoms with van der Waals surface area (Å²) in [5.74, 6) is 0.514. The Labute approximate surface area is 127 Å². The van der Waals surface area contributed by atoms with Gasteiger partial charge in [0.05, 0.1) is 5.41 Å². The Bertz CT molecular complexity index is 627. The molecule has 0 aliphatic carbocycles. The third kappa shape index (κ3) is 3.66. The van der Waals surface area contributed by atoms with E-state index in [4.69, 9.17) is 11.6 Å². The summed E-state index contributed by atoms with van der Waals surface area (Å²) in [5, 5.41) is 9.69. The first-order valence-electron chi connectivity index (χ1n) is 6.30. The molecule has 2 aromatic heterocycles. The highest BCUT2D eigenvalue weighted by Crippen LogP contribution is 2.16. The molecule has 0 saturated carbocycles. The van der Waals surface area contributed by atoms with Gasteiger partial charge in [0, 0.05) is 26.0 Å².